The molecule has 0 saturated heterocycles. The van der Waals surface area contributed by atoms with E-state index in [0.717, 1.165) is 11.8 Å². The Morgan fingerprint density at radius 3 is 2.88 bits per heavy atom. The molecule has 0 aromatic carbocycles. The number of methoxy groups -OCH3 is 1. The highest BCUT2D eigenvalue weighted by molar-refractivity contribution is 8.00. The fraction of sp³-hybridized carbons (Fsp3) is 0.333. The molecule has 0 aliphatic heterocycles. The number of rotatable bonds is 6. The highest BCUT2D eigenvalue weighted by atomic mass is 32.2. The number of ether oxygens (including phenoxy) is 1. The summed E-state index contributed by atoms with van der Waals surface area (Å²) in [5.74, 6) is -0.276. The van der Waals surface area contributed by atoms with Gasteiger partial charge in [0.25, 0.3) is 0 Å². The Hall–Kier alpha value is -2.55. The van der Waals surface area contributed by atoms with E-state index < -0.39 is 11.7 Å². The third-order valence-corrected chi connectivity index (χ3v) is 4.14. The number of hydrogen-bond acceptors (Lipinski definition) is 7. The fourth-order valence-corrected chi connectivity index (χ4v) is 2.91. The van der Waals surface area contributed by atoms with E-state index in [1.54, 1.807) is 26.0 Å². The van der Waals surface area contributed by atoms with Gasteiger partial charge in [-0.2, -0.15) is 4.98 Å². The van der Waals surface area contributed by atoms with Gasteiger partial charge >= 0.3 is 11.7 Å². The SMILES string of the molecule is COC(=O)c1c(SCC(=O)N[C@H](C)c2ccco2)nc(=O)[nH]c1C. The number of H-pyrrole nitrogens is 1. The number of esters is 1. The second-order valence-electron chi connectivity index (χ2n) is 4.93. The average molecular weight is 351 g/mol. The van der Waals surface area contributed by atoms with Crippen molar-refractivity contribution in [3.8, 4) is 0 Å². The summed E-state index contributed by atoms with van der Waals surface area (Å²) >= 11 is 0.992. The molecule has 8 nitrogen and oxygen atoms in total. The third kappa shape index (κ3) is 4.25. The number of carbonyl (C=O) groups excluding carboxylic acids is 2. The van der Waals surface area contributed by atoms with Crippen LogP contribution in [0.1, 0.15) is 34.8 Å². The molecule has 2 rings (SSSR count). The highest BCUT2D eigenvalue weighted by Crippen LogP contribution is 2.22. The Labute approximate surface area is 142 Å². The predicted molar refractivity (Wildman–Crippen MR) is 86.9 cm³/mol. The lowest BCUT2D eigenvalue weighted by Crippen LogP contribution is -2.28. The maximum absolute atomic E-state index is 12.0. The topological polar surface area (TPSA) is 114 Å². The molecule has 9 heteroatoms. The second kappa shape index (κ2) is 7.82. The van der Waals surface area contributed by atoms with Gasteiger partial charge in [-0.3, -0.25) is 4.79 Å². The number of nitrogens with one attached hydrogen (secondary N) is 2. The van der Waals surface area contributed by atoms with Crippen molar-refractivity contribution < 1.29 is 18.7 Å². The molecule has 0 saturated carbocycles. The van der Waals surface area contributed by atoms with Crippen molar-refractivity contribution in [2.24, 2.45) is 0 Å². The Morgan fingerprint density at radius 2 is 2.25 bits per heavy atom. The van der Waals surface area contributed by atoms with Crippen molar-refractivity contribution in [2.45, 2.75) is 24.9 Å². The van der Waals surface area contributed by atoms with Gasteiger partial charge in [-0.15, -0.1) is 0 Å². The molecule has 24 heavy (non-hydrogen) atoms. The molecule has 0 aliphatic rings. The van der Waals surface area contributed by atoms with E-state index in [1.165, 1.54) is 13.4 Å². The van der Waals surface area contributed by atoms with Crippen molar-refractivity contribution in [3.05, 3.63) is 45.9 Å². The molecule has 0 unspecified atom stereocenters. The first kappa shape index (κ1) is 17.8. The van der Waals surface area contributed by atoms with Gasteiger partial charge in [0.15, 0.2) is 0 Å². The summed E-state index contributed by atoms with van der Waals surface area (Å²) in [6, 6.07) is 3.20. The number of amides is 1. The lowest BCUT2D eigenvalue weighted by molar-refractivity contribution is -0.119. The number of thioether (sulfide) groups is 1. The summed E-state index contributed by atoms with van der Waals surface area (Å²) in [5.41, 5.74) is -0.102. The molecule has 0 fully saturated rings. The van der Waals surface area contributed by atoms with Crippen LogP contribution in [0.2, 0.25) is 0 Å². The minimum Gasteiger partial charge on any atom is -0.467 e. The molecule has 0 spiro atoms. The quantitative estimate of drug-likeness (QED) is 0.459. The van der Waals surface area contributed by atoms with Crippen LogP contribution >= 0.6 is 11.8 Å². The third-order valence-electron chi connectivity index (χ3n) is 3.16. The van der Waals surface area contributed by atoms with E-state index in [1.807, 2.05) is 0 Å². The van der Waals surface area contributed by atoms with Gasteiger partial charge in [-0.05, 0) is 26.0 Å². The van der Waals surface area contributed by atoms with E-state index in [0.29, 0.717) is 11.5 Å². The molecule has 2 N–H and O–H groups in total. The van der Waals surface area contributed by atoms with Crippen LogP contribution in [0.15, 0.2) is 32.6 Å². The molecule has 0 radical (unpaired) electrons. The first-order chi connectivity index (χ1) is 11.4. The van der Waals surface area contributed by atoms with Crippen LogP contribution in [0.4, 0.5) is 0 Å². The molecule has 0 bridgehead atoms. The largest absolute Gasteiger partial charge is 0.467 e. The first-order valence-electron chi connectivity index (χ1n) is 7.07. The summed E-state index contributed by atoms with van der Waals surface area (Å²) in [4.78, 5) is 41.6. The minimum absolute atomic E-state index is 0.00899. The van der Waals surface area contributed by atoms with E-state index in [-0.39, 0.29) is 28.3 Å². The summed E-state index contributed by atoms with van der Waals surface area (Å²) in [5, 5.41) is 2.92. The fourth-order valence-electron chi connectivity index (χ4n) is 2.03. The normalized spacial score (nSPS) is 11.8. The van der Waals surface area contributed by atoms with Gasteiger partial charge in [0.05, 0.1) is 25.2 Å². The number of hydrogen-bond donors (Lipinski definition) is 2. The number of aromatic nitrogens is 2. The van der Waals surface area contributed by atoms with Crippen LogP contribution in [0.25, 0.3) is 0 Å². The van der Waals surface area contributed by atoms with Crippen molar-refractivity contribution >= 4 is 23.6 Å². The molecule has 2 aromatic heterocycles. The highest BCUT2D eigenvalue weighted by Gasteiger charge is 2.20. The molecule has 0 aliphatic carbocycles. The predicted octanol–water partition coefficient (Wildman–Crippen LogP) is 1.43. The van der Waals surface area contributed by atoms with Gasteiger partial charge in [-0.1, -0.05) is 11.8 Å². The summed E-state index contributed by atoms with van der Waals surface area (Å²) in [6.45, 7) is 3.36. The zero-order chi connectivity index (χ0) is 17.7. The molecular weight excluding hydrogens is 334 g/mol. The van der Waals surface area contributed by atoms with E-state index in [9.17, 15) is 14.4 Å². The van der Waals surface area contributed by atoms with E-state index in [4.69, 9.17) is 9.15 Å². The number of aryl methyl sites for hydroxylation is 1. The number of furan rings is 1. The van der Waals surface area contributed by atoms with E-state index >= 15 is 0 Å². The standard InChI is InChI=1S/C15H17N3O5S/c1-8(10-5-4-6-23-10)16-11(19)7-24-13-12(14(20)22-3)9(2)17-15(21)18-13/h4-6,8H,7H2,1-3H3,(H,16,19)(H,17,18,21)/t8-/m1/s1. The van der Waals surface area contributed by atoms with Crippen LogP contribution in [0, 0.1) is 6.92 Å². The van der Waals surface area contributed by atoms with Gasteiger partial charge in [0.2, 0.25) is 5.91 Å². The molecule has 2 aromatic rings. The molecule has 1 atom stereocenters. The summed E-state index contributed by atoms with van der Waals surface area (Å²) in [7, 11) is 1.24. The van der Waals surface area contributed by atoms with Crippen LogP contribution in [-0.4, -0.2) is 34.7 Å². The monoisotopic (exact) mass is 351 g/mol. The van der Waals surface area contributed by atoms with Crippen LogP contribution in [0.3, 0.4) is 0 Å². The zero-order valence-electron chi connectivity index (χ0n) is 13.4. The minimum atomic E-state index is -0.622. The Kier molecular flexibility index (Phi) is 5.80. The number of nitrogens with zero attached hydrogens (tertiary/aromatic N) is 1. The lowest BCUT2D eigenvalue weighted by Gasteiger charge is -2.12. The van der Waals surface area contributed by atoms with E-state index in [2.05, 4.69) is 15.3 Å². The number of aromatic amines is 1. The number of carbonyl (C=O) groups is 2. The van der Waals surface area contributed by atoms with Crippen molar-refractivity contribution in [2.75, 3.05) is 12.9 Å². The van der Waals surface area contributed by atoms with Gasteiger partial charge in [-0.25, -0.2) is 9.59 Å². The molecule has 128 valence electrons. The maximum atomic E-state index is 12.0. The van der Waals surface area contributed by atoms with Crippen molar-refractivity contribution in [3.63, 3.8) is 0 Å². The van der Waals surface area contributed by atoms with Crippen LogP contribution in [-0.2, 0) is 9.53 Å². The van der Waals surface area contributed by atoms with Crippen molar-refractivity contribution in [1.82, 2.24) is 15.3 Å². The molecule has 1 amide bonds. The van der Waals surface area contributed by atoms with Gasteiger partial charge in [0, 0.05) is 5.69 Å². The maximum Gasteiger partial charge on any atom is 0.346 e. The van der Waals surface area contributed by atoms with Gasteiger partial charge in [0.1, 0.15) is 16.3 Å². The molecular formula is C15H17N3O5S. The second-order valence-corrected chi connectivity index (χ2v) is 5.90. The zero-order valence-corrected chi connectivity index (χ0v) is 14.2. The lowest BCUT2D eigenvalue weighted by atomic mass is 10.2. The summed E-state index contributed by atoms with van der Waals surface area (Å²) < 4.78 is 9.91. The first-order valence-corrected chi connectivity index (χ1v) is 8.05. The molecule has 2 heterocycles. The van der Waals surface area contributed by atoms with Crippen LogP contribution < -0.4 is 11.0 Å². The Bertz CT molecular complexity index is 785. The van der Waals surface area contributed by atoms with Crippen LogP contribution in [0.5, 0.6) is 0 Å². The Balaban J connectivity index is 2.07. The Morgan fingerprint density at radius 1 is 1.50 bits per heavy atom. The smallest absolute Gasteiger partial charge is 0.346 e. The summed E-state index contributed by atoms with van der Waals surface area (Å²) in [6.07, 6.45) is 1.53. The van der Waals surface area contributed by atoms with Gasteiger partial charge < -0.3 is 19.5 Å². The average Bonchev–Trinajstić information content (AvgIpc) is 3.06. The van der Waals surface area contributed by atoms with Crippen molar-refractivity contribution in [1.29, 1.82) is 0 Å².